The van der Waals surface area contributed by atoms with Crippen LogP contribution in [0.4, 0.5) is 0 Å². The maximum absolute atomic E-state index is 11.8. The van der Waals surface area contributed by atoms with Gasteiger partial charge in [0.05, 0.1) is 6.10 Å². The van der Waals surface area contributed by atoms with Gasteiger partial charge in [0.2, 0.25) is 0 Å². The van der Waals surface area contributed by atoms with Gasteiger partial charge >= 0.3 is 5.97 Å². The summed E-state index contributed by atoms with van der Waals surface area (Å²) in [6, 6.07) is 0. The van der Waals surface area contributed by atoms with Gasteiger partial charge in [-0.1, -0.05) is 65.3 Å². The van der Waals surface area contributed by atoms with E-state index in [1.54, 1.807) is 12.5 Å². The molecule has 0 radical (unpaired) electrons. The molecule has 3 fully saturated rings. The SMILES string of the molecule is C=C(C)C(O)CCC(C)C1CCC2(C)C3=CCC4C(C)(C)C(OC(C)=O)CCC4(C)C3CCC12C. The second-order valence-corrected chi connectivity index (χ2v) is 14.3. The van der Waals surface area contributed by atoms with Crippen molar-refractivity contribution in [3.05, 3.63) is 23.8 Å². The first-order valence-corrected chi connectivity index (χ1v) is 14.4. The van der Waals surface area contributed by atoms with Crippen molar-refractivity contribution in [1.29, 1.82) is 0 Å². The van der Waals surface area contributed by atoms with Gasteiger partial charge in [0, 0.05) is 12.3 Å². The highest BCUT2D eigenvalue weighted by Gasteiger charge is 2.65. The highest BCUT2D eigenvalue weighted by Crippen LogP contribution is 2.73. The zero-order chi connectivity index (χ0) is 26.0. The molecule has 0 aromatic heterocycles. The molecule has 4 rings (SSSR count). The topological polar surface area (TPSA) is 46.5 Å². The molecule has 0 aromatic carbocycles. The van der Waals surface area contributed by atoms with Crippen LogP contribution in [0.15, 0.2) is 23.8 Å². The summed E-state index contributed by atoms with van der Waals surface area (Å²) < 4.78 is 5.85. The monoisotopic (exact) mass is 484 g/mol. The zero-order valence-electron chi connectivity index (χ0n) is 23.9. The number of rotatable bonds is 6. The third kappa shape index (κ3) is 4.07. The Balaban J connectivity index is 1.59. The van der Waals surface area contributed by atoms with E-state index in [0.717, 1.165) is 37.7 Å². The molecule has 9 atom stereocenters. The fourth-order valence-electron chi connectivity index (χ4n) is 9.92. The molecule has 0 aromatic rings. The second-order valence-electron chi connectivity index (χ2n) is 14.3. The summed E-state index contributed by atoms with van der Waals surface area (Å²) in [6.45, 7) is 22.4. The van der Waals surface area contributed by atoms with Gasteiger partial charge in [0.15, 0.2) is 0 Å². The van der Waals surface area contributed by atoms with Gasteiger partial charge in [-0.3, -0.25) is 4.79 Å². The number of esters is 1. The zero-order valence-corrected chi connectivity index (χ0v) is 23.9. The summed E-state index contributed by atoms with van der Waals surface area (Å²) >= 11 is 0. The molecule has 9 unspecified atom stereocenters. The van der Waals surface area contributed by atoms with Crippen LogP contribution >= 0.6 is 0 Å². The van der Waals surface area contributed by atoms with Gasteiger partial charge < -0.3 is 9.84 Å². The molecule has 0 bridgehead atoms. The Morgan fingerprint density at radius 2 is 1.77 bits per heavy atom. The molecule has 0 heterocycles. The lowest BCUT2D eigenvalue weighted by atomic mass is 9.41. The van der Waals surface area contributed by atoms with E-state index in [-0.39, 0.29) is 34.4 Å². The minimum atomic E-state index is -0.364. The first kappa shape index (κ1) is 27.0. The van der Waals surface area contributed by atoms with Crippen molar-refractivity contribution in [1.82, 2.24) is 0 Å². The van der Waals surface area contributed by atoms with Crippen LogP contribution in [0.2, 0.25) is 0 Å². The lowest BCUT2D eigenvalue weighted by Gasteiger charge is -2.64. The fourth-order valence-corrected chi connectivity index (χ4v) is 9.92. The number of aliphatic hydroxyl groups is 1. The van der Waals surface area contributed by atoms with Gasteiger partial charge in [-0.15, -0.1) is 0 Å². The van der Waals surface area contributed by atoms with Gasteiger partial charge in [0.25, 0.3) is 0 Å². The van der Waals surface area contributed by atoms with E-state index >= 15 is 0 Å². The van der Waals surface area contributed by atoms with Gasteiger partial charge in [-0.05, 0) is 105 Å². The molecule has 3 saturated carbocycles. The number of carbonyl (C=O) groups is 1. The summed E-state index contributed by atoms with van der Waals surface area (Å²) in [5.41, 5.74) is 3.54. The van der Waals surface area contributed by atoms with Crippen molar-refractivity contribution in [2.75, 3.05) is 0 Å². The molecule has 4 aliphatic rings. The minimum absolute atomic E-state index is 0.000794. The molecule has 3 nitrogen and oxygen atoms in total. The minimum Gasteiger partial charge on any atom is -0.462 e. The van der Waals surface area contributed by atoms with E-state index < -0.39 is 0 Å². The maximum atomic E-state index is 11.8. The summed E-state index contributed by atoms with van der Waals surface area (Å²) in [5.74, 6) is 2.40. The molecule has 3 heteroatoms. The number of fused-ring (bicyclic) bond motifs is 5. The molecular formula is C32H52O3. The maximum Gasteiger partial charge on any atom is 0.302 e. The van der Waals surface area contributed by atoms with Crippen molar-refractivity contribution < 1.29 is 14.6 Å². The third-order valence-corrected chi connectivity index (χ3v) is 12.3. The Hall–Kier alpha value is -1.09. The third-order valence-electron chi connectivity index (χ3n) is 12.3. The molecule has 0 aliphatic heterocycles. The fraction of sp³-hybridized carbons (Fsp3) is 0.844. The van der Waals surface area contributed by atoms with Gasteiger partial charge in [-0.25, -0.2) is 0 Å². The van der Waals surface area contributed by atoms with Crippen molar-refractivity contribution in [2.45, 2.75) is 125 Å². The highest BCUT2D eigenvalue weighted by atomic mass is 16.5. The summed E-state index contributed by atoms with van der Waals surface area (Å²) in [4.78, 5) is 11.8. The Morgan fingerprint density at radius 3 is 2.40 bits per heavy atom. The van der Waals surface area contributed by atoms with Gasteiger partial charge in [-0.2, -0.15) is 0 Å². The Morgan fingerprint density at radius 1 is 1.09 bits per heavy atom. The average molecular weight is 485 g/mol. The van der Waals surface area contributed by atoms with Crippen LogP contribution in [0, 0.1) is 45.3 Å². The Bertz CT molecular complexity index is 885. The van der Waals surface area contributed by atoms with Crippen LogP contribution in [-0.4, -0.2) is 23.3 Å². The van der Waals surface area contributed by atoms with Crippen molar-refractivity contribution in [3.63, 3.8) is 0 Å². The summed E-state index contributed by atoms with van der Waals surface area (Å²) in [5, 5.41) is 10.3. The molecule has 0 spiro atoms. The highest BCUT2D eigenvalue weighted by molar-refractivity contribution is 5.66. The molecule has 4 aliphatic carbocycles. The first-order valence-electron chi connectivity index (χ1n) is 14.4. The van der Waals surface area contributed by atoms with E-state index in [4.69, 9.17) is 4.74 Å². The van der Waals surface area contributed by atoms with Crippen LogP contribution in [0.5, 0.6) is 0 Å². The molecule has 1 N–H and O–H groups in total. The van der Waals surface area contributed by atoms with E-state index in [9.17, 15) is 9.90 Å². The summed E-state index contributed by atoms with van der Waals surface area (Å²) in [7, 11) is 0. The largest absolute Gasteiger partial charge is 0.462 e. The van der Waals surface area contributed by atoms with Crippen LogP contribution < -0.4 is 0 Å². The second kappa shape index (κ2) is 9.03. The molecule has 35 heavy (non-hydrogen) atoms. The van der Waals surface area contributed by atoms with Gasteiger partial charge in [0.1, 0.15) is 6.10 Å². The predicted octanol–water partition coefficient (Wildman–Crippen LogP) is 7.88. The number of carbonyl (C=O) groups excluding carboxylic acids is 1. The van der Waals surface area contributed by atoms with Crippen LogP contribution in [0.1, 0.15) is 113 Å². The summed E-state index contributed by atoms with van der Waals surface area (Å²) in [6.07, 6.45) is 12.7. The van der Waals surface area contributed by atoms with Crippen LogP contribution in [0.3, 0.4) is 0 Å². The number of ether oxygens (including phenoxy) is 1. The van der Waals surface area contributed by atoms with E-state index in [1.165, 1.54) is 25.7 Å². The molecular weight excluding hydrogens is 432 g/mol. The van der Waals surface area contributed by atoms with E-state index in [0.29, 0.717) is 29.1 Å². The molecule has 198 valence electrons. The smallest absolute Gasteiger partial charge is 0.302 e. The molecule has 0 amide bonds. The van der Waals surface area contributed by atoms with Crippen molar-refractivity contribution in [2.24, 2.45) is 45.3 Å². The lowest BCUT2D eigenvalue weighted by molar-refractivity contribution is -0.174. The predicted molar refractivity (Wildman–Crippen MR) is 144 cm³/mol. The standard InChI is InChI=1S/C32H52O3/c1-20(2)26(34)12-10-21(3)23-14-18-32(9)25-11-13-27-29(5,6)28(35-22(4)33)16-17-30(27,7)24(25)15-19-31(23,32)8/h11,21,23-24,26-28,34H,1,10,12-19H2,2-9H3. The normalized spacial score (nSPS) is 43.7. The van der Waals surface area contributed by atoms with Crippen LogP contribution in [0.25, 0.3) is 0 Å². The van der Waals surface area contributed by atoms with Crippen molar-refractivity contribution in [3.8, 4) is 0 Å². The number of aliphatic hydroxyl groups excluding tert-OH is 1. The van der Waals surface area contributed by atoms with Crippen LogP contribution in [-0.2, 0) is 9.53 Å². The quantitative estimate of drug-likeness (QED) is 0.308. The lowest BCUT2D eigenvalue weighted by Crippen LogP contribution is -2.58. The Kier molecular flexibility index (Phi) is 6.96. The Labute approximate surface area is 215 Å². The number of hydrogen-bond acceptors (Lipinski definition) is 3. The number of allylic oxidation sites excluding steroid dienone is 2. The number of hydrogen-bond donors (Lipinski definition) is 1. The van der Waals surface area contributed by atoms with E-state index in [1.807, 2.05) is 6.92 Å². The van der Waals surface area contributed by atoms with E-state index in [2.05, 4.69) is 54.2 Å². The average Bonchev–Trinajstić information content (AvgIpc) is 3.05. The molecule has 0 saturated heterocycles. The van der Waals surface area contributed by atoms with Crippen molar-refractivity contribution >= 4 is 5.97 Å². The first-order chi connectivity index (χ1) is 16.2.